The molecule has 0 radical (unpaired) electrons. The first-order chi connectivity index (χ1) is 7.91. The smallest absolute Gasteiger partial charge is 0.0697 e. The van der Waals surface area contributed by atoms with Gasteiger partial charge in [0, 0.05) is 6.61 Å². The van der Waals surface area contributed by atoms with Crippen LogP contribution in [0.2, 0.25) is 0 Å². The molecule has 0 aliphatic rings. The van der Waals surface area contributed by atoms with Gasteiger partial charge in [-0.25, -0.2) is 0 Å². The fourth-order valence-corrected chi connectivity index (χ4v) is 1.62. The van der Waals surface area contributed by atoms with E-state index in [1.54, 1.807) is 0 Å². The van der Waals surface area contributed by atoms with E-state index in [1.165, 1.54) is 38.5 Å². The Hall–Kier alpha value is -0.120. The molecule has 0 heterocycles. The minimum atomic E-state index is 0.130. The summed E-state index contributed by atoms with van der Waals surface area (Å²) in [6, 6.07) is 0. The van der Waals surface area contributed by atoms with Crippen molar-refractivity contribution < 1.29 is 9.84 Å². The molecule has 0 unspecified atom stereocenters. The minimum Gasteiger partial charge on any atom is -0.394 e. The summed E-state index contributed by atoms with van der Waals surface area (Å²) in [6.45, 7) is 5.76. The molecular formula is C13H29NO2. The van der Waals surface area contributed by atoms with Gasteiger partial charge in [0.15, 0.2) is 0 Å². The zero-order chi connectivity index (χ0) is 11.9. The number of aliphatic hydroxyl groups is 1. The van der Waals surface area contributed by atoms with Gasteiger partial charge in [-0.2, -0.15) is 0 Å². The predicted molar refractivity (Wildman–Crippen MR) is 68.8 cm³/mol. The molecule has 0 spiro atoms. The number of unbranched alkanes of at least 4 members (excludes halogenated alkanes) is 5. The summed E-state index contributed by atoms with van der Waals surface area (Å²) in [4.78, 5) is 0. The number of nitrogens with one attached hydrogen (secondary N) is 1. The zero-order valence-corrected chi connectivity index (χ0v) is 10.8. The van der Waals surface area contributed by atoms with Gasteiger partial charge in [0.05, 0.1) is 13.2 Å². The van der Waals surface area contributed by atoms with Gasteiger partial charge in [0.1, 0.15) is 0 Å². The molecule has 98 valence electrons. The first kappa shape index (κ1) is 15.9. The molecule has 16 heavy (non-hydrogen) atoms. The van der Waals surface area contributed by atoms with Crippen LogP contribution in [0.3, 0.4) is 0 Å². The van der Waals surface area contributed by atoms with Crippen LogP contribution in [0, 0.1) is 0 Å². The van der Waals surface area contributed by atoms with E-state index >= 15 is 0 Å². The Bertz CT molecular complexity index is 107. The van der Waals surface area contributed by atoms with Crippen LogP contribution in [-0.4, -0.2) is 38.0 Å². The number of ether oxygens (including phenoxy) is 1. The van der Waals surface area contributed by atoms with Crippen LogP contribution >= 0.6 is 0 Å². The highest BCUT2D eigenvalue weighted by Gasteiger charge is 1.91. The predicted octanol–water partition coefficient (Wildman–Crippen LogP) is 2.34. The summed E-state index contributed by atoms with van der Waals surface area (Å²) in [6.07, 6.45) is 9.17. The van der Waals surface area contributed by atoms with Crippen molar-refractivity contribution in [2.45, 2.75) is 51.9 Å². The van der Waals surface area contributed by atoms with E-state index in [9.17, 15) is 0 Å². The Labute approximate surface area is 101 Å². The topological polar surface area (TPSA) is 41.5 Å². The molecule has 0 aliphatic carbocycles. The monoisotopic (exact) mass is 231 g/mol. The van der Waals surface area contributed by atoms with E-state index in [4.69, 9.17) is 9.84 Å². The highest BCUT2D eigenvalue weighted by Crippen LogP contribution is 2.03. The van der Waals surface area contributed by atoms with Crippen LogP contribution < -0.4 is 5.32 Å². The Balaban J connectivity index is 2.83. The highest BCUT2D eigenvalue weighted by molar-refractivity contribution is 4.50. The maximum atomic E-state index is 8.49. The van der Waals surface area contributed by atoms with Crippen LogP contribution in [0.15, 0.2) is 0 Å². The Kier molecular flexibility index (Phi) is 14.8. The van der Waals surface area contributed by atoms with E-state index in [0.29, 0.717) is 6.61 Å². The van der Waals surface area contributed by atoms with Crippen molar-refractivity contribution in [1.29, 1.82) is 0 Å². The summed E-state index contributed by atoms with van der Waals surface area (Å²) in [7, 11) is 0. The van der Waals surface area contributed by atoms with Crippen molar-refractivity contribution in [3.05, 3.63) is 0 Å². The van der Waals surface area contributed by atoms with Gasteiger partial charge < -0.3 is 15.2 Å². The van der Waals surface area contributed by atoms with Crippen molar-refractivity contribution in [2.24, 2.45) is 0 Å². The molecular weight excluding hydrogens is 202 g/mol. The third-order valence-electron chi connectivity index (χ3n) is 2.58. The van der Waals surface area contributed by atoms with E-state index in [-0.39, 0.29) is 6.61 Å². The fraction of sp³-hybridized carbons (Fsp3) is 1.00. The summed E-state index contributed by atoms with van der Waals surface area (Å²) in [5, 5.41) is 11.9. The van der Waals surface area contributed by atoms with Crippen LogP contribution in [0.4, 0.5) is 0 Å². The summed E-state index contributed by atoms with van der Waals surface area (Å²) >= 11 is 0. The molecule has 0 rings (SSSR count). The van der Waals surface area contributed by atoms with Gasteiger partial charge in [-0.05, 0) is 25.9 Å². The summed E-state index contributed by atoms with van der Waals surface area (Å²) in [5.74, 6) is 0. The maximum Gasteiger partial charge on any atom is 0.0697 e. The molecule has 0 aromatic carbocycles. The van der Waals surface area contributed by atoms with Gasteiger partial charge in [-0.3, -0.25) is 0 Å². The van der Waals surface area contributed by atoms with Gasteiger partial charge >= 0.3 is 0 Å². The van der Waals surface area contributed by atoms with E-state index in [0.717, 1.165) is 26.1 Å². The van der Waals surface area contributed by atoms with Crippen molar-refractivity contribution in [3.8, 4) is 0 Å². The minimum absolute atomic E-state index is 0.130. The second-order valence-corrected chi connectivity index (χ2v) is 4.21. The standard InChI is InChI=1S/C13H29NO2/c1-2-3-4-5-6-7-9-14-10-8-12-16-13-11-15/h14-15H,2-13H2,1H3. The molecule has 0 saturated heterocycles. The van der Waals surface area contributed by atoms with Crippen molar-refractivity contribution >= 4 is 0 Å². The van der Waals surface area contributed by atoms with Crippen LogP contribution in [0.1, 0.15) is 51.9 Å². The largest absolute Gasteiger partial charge is 0.394 e. The SMILES string of the molecule is CCCCCCCCNCCCOCCO. The van der Waals surface area contributed by atoms with Crippen LogP contribution in [0.5, 0.6) is 0 Å². The normalized spacial score (nSPS) is 10.9. The molecule has 0 atom stereocenters. The lowest BCUT2D eigenvalue weighted by molar-refractivity contribution is 0.0907. The summed E-state index contributed by atoms with van der Waals surface area (Å²) < 4.78 is 5.16. The molecule has 0 fully saturated rings. The lowest BCUT2D eigenvalue weighted by Crippen LogP contribution is -2.18. The zero-order valence-electron chi connectivity index (χ0n) is 10.8. The fourth-order valence-electron chi connectivity index (χ4n) is 1.62. The van der Waals surface area contributed by atoms with E-state index in [1.807, 2.05) is 0 Å². The first-order valence-corrected chi connectivity index (χ1v) is 6.81. The number of hydrogen-bond donors (Lipinski definition) is 2. The second-order valence-electron chi connectivity index (χ2n) is 4.21. The number of aliphatic hydroxyl groups excluding tert-OH is 1. The van der Waals surface area contributed by atoms with Crippen molar-refractivity contribution in [2.75, 3.05) is 32.9 Å². The van der Waals surface area contributed by atoms with Gasteiger partial charge in [0.2, 0.25) is 0 Å². The van der Waals surface area contributed by atoms with E-state index < -0.39 is 0 Å². The molecule has 0 bridgehead atoms. The second kappa shape index (κ2) is 14.9. The van der Waals surface area contributed by atoms with Gasteiger partial charge in [-0.15, -0.1) is 0 Å². The van der Waals surface area contributed by atoms with Crippen LogP contribution in [-0.2, 0) is 4.74 Å². The molecule has 0 aromatic rings. The average Bonchev–Trinajstić information content (AvgIpc) is 2.31. The van der Waals surface area contributed by atoms with E-state index in [2.05, 4.69) is 12.2 Å². The Morgan fingerprint density at radius 2 is 1.56 bits per heavy atom. The van der Waals surface area contributed by atoms with Crippen LogP contribution in [0.25, 0.3) is 0 Å². The van der Waals surface area contributed by atoms with Crippen molar-refractivity contribution in [3.63, 3.8) is 0 Å². The molecule has 0 aliphatic heterocycles. The van der Waals surface area contributed by atoms with Gasteiger partial charge in [0.25, 0.3) is 0 Å². The lowest BCUT2D eigenvalue weighted by Gasteiger charge is -2.05. The maximum absolute atomic E-state index is 8.49. The number of rotatable bonds is 13. The average molecular weight is 231 g/mol. The molecule has 2 N–H and O–H groups in total. The quantitative estimate of drug-likeness (QED) is 0.478. The summed E-state index contributed by atoms with van der Waals surface area (Å²) in [5.41, 5.74) is 0. The number of hydrogen-bond acceptors (Lipinski definition) is 3. The first-order valence-electron chi connectivity index (χ1n) is 6.81. The highest BCUT2D eigenvalue weighted by atomic mass is 16.5. The molecule has 0 saturated carbocycles. The molecule has 0 amide bonds. The lowest BCUT2D eigenvalue weighted by atomic mass is 10.1. The Morgan fingerprint density at radius 3 is 2.31 bits per heavy atom. The van der Waals surface area contributed by atoms with Crippen molar-refractivity contribution in [1.82, 2.24) is 5.32 Å². The molecule has 0 aromatic heterocycles. The third-order valence-corrected chi connectivity index (χ3v) is 2.58. The van der Waals surface area contributed by atoms with Gasteiger partial charge in [-0.1, -0.05) is 39.0 Å². The molecule has 3 heteroatoms. The third kappa shape index (κ3) is 13.9. The Morgan fingerprint density at radius 1 is 0.875 bits per heavy atom. The molecule has 3 nitrogen and oxygen atoms in total.